The molecule has 1 amide bonds. The molecule has 0 unspecified atom stereocenters. The molecule has 3 N–H and O–H groups in total. The minimum Gasteiger partial charge on any atom is -0.494 e. The van der Waals surface area contributed by atoms with Crippen molar-refractivity contribution in [1.82, 2.24) is 10.9 Å². The number of azide groups is 1. The fraction of sp³-hybridized carbons (Fsp3) is 0.257. The van der Waals surface area contributed by atoms with Crippen molar-refractivity contribution in [2.45, 2.75) is 43.9 Å². The normalized spacial score (nSPS) is 16.9. The third kappa shape index (κ3) is 9.33. The Labute approximate surface area is 293 Å². The molecule has 15 heteroatoms. The summed E-state index contributed by atoms with van der Waals surface area (Å²) in [5.41, 5.74) is 16.3. The van der Waals surface area contributed by atoms with Gasteiger partial charge in [-0.05, 0) is 76.3 Å². The molecule has 0 aromatic heterocycles. The summed E-state index contributed by atoms with van der Waals surface area (Å²) in [6, 6.07) is 26.9. The smallest absolute Gasteiger partial charge is 0.494 e. The Hall–Kier alpha value is -5.08. The first-order valence-electron chi connectivity index (χ1n) is 15.4. The van der Waals surface area contributed by atoms with Crippen LogP contribution in [0.25, 0.3) is 10.4 Å². The van der Waals surface area contributed by atoms with Gasteiger partial charge in [-0.3, -0.25) is 10.2 Å². The van der Waals surface area contributed by atoms with Crippen LogP contribution in [0.4, 0.5) is 13.2 Å². The minimum atomic E-state index is -4.81. The Balaban J connectivity index is 1.50. The van der Waals surface area contributed by atoms with Gasteiger partial charge in [-0.1, -0.05) is 69.6 Å². The van der Waals surface area contributed by atoms with E-state index < -0.39 is 23.9 Å². The Morgan fingerprint density at radius 2 is 1.68 bits per heavy atom. The van der Waals surface area contributed by atoms with Crippen molar-refractivity contribution in [3.8, 4) is 11.5 Å². The zero-order valence-electron chi connectivity index (χ0n) is 26.4. The van der Waals surface area contributed by atoms with Crippen LogP contribution in [-0.4, -0.2) is 42.0 Å². The van der Waals surface area contributed by atoms with E-state index in [0.29, 0.717) is 46.6 Å². The maximum absolute atomic E-state index is 14.5. The molecule has 4 aromatic carbocycles. The summed E-state index contributed by atoms with van der Waals surface area (Å²) in [5.74, 6) is -0.109. The van der Waals surface area contributed by atoms with Crippen molar-refractivity contribution in [1.29, 1.82) is 0 Å². The second kappa shape index (κ2) is 16.5. The zero-order valence-corrected chi connectivity index (χ0v) is 28.0. The molecular formula is C35H32BrF3N6O5. The molecule has 1 aliphatic rings. The van der Waals surface area contributed by atoms with Crippen LogP contribution < -0.4 is 20.3 Å². The summed E-state index contributed by atoms with van der Waals surface area (Å²) in [4.78, 5) is 22.4. The highest BCUT2D eigenvalue weighted by molar-refractivity contribution is 9.10. The molecule has 5 rings (SSSR count). The number of aliphatic hydroxyl groups is 1. The Bertz CT molecular complexity index is 1840. The summed E-state index contributed by atoms with van der Waals surface area (Å²) < 4.78 is 54.8. The highest BCUT2D eigenvalue weighted by Crippen LogP contribution is 2.43. The molecule has 50 heavy (non-hydrogen) atoms. The van der Waals surface area contributed by atoms with E-state index in [2.05, 4.69) is 41.5 Å². The van der Waals surface area contributed by atoms with Gasteiger partial charge in [0.15, 0.2) is 11.6 Å². The van der Waals surface area contributed by atoms with Gasteiger partial charge >= 0.3 is 6.36 Å². The van der Waals surface area contributed by atoms with Crippen LogP contribution in [0.5, 0.6) is 11.5 Å². The van der Waals surface area contributed by atoms with Crippen molar-refractivity contribution in [2.24, 2.45) is 10.1 Å². The van der Waals surface area contributed by atoms with Gasteiger partial charge in [0.05, 0.1) is 13.2 Å². The van der Waals surface area contributed by atoms with Gasteiger partial charge < -0.3 is 19.3 Å². The topological polar surface area (TPSA) is 150 Å². The van der Waals surface area contributed by atoms with Crippen molar-refractivity contribution < 1.29 is 37.3 Å². The molecular weight excluding hydrogens is 721 g/mol. The molecule has 1 heterocycles. The van der Waals surface area contributed by atoms with Gasteiger partial charge in [-0.25, -0.2) is 10.4 Å². The molecule has 4 aromatic rings. The van der Waals surface area contributed by atoms with Gasteiger partial charge in [0.2, 0.25) is 5.90 Å². The lowest BCUT2D eigenvalue weighted by atomic mass is 9.81. The van der Waals surface area contributed by atoms with Crippen LogP contribution in [0, 0.1) is 0 Å². The van der Waals surface area contributed by atoms with E-state index in [1.54, 1.807) is 30.3 Å². The van der Waals surface area contributed by atoms with Crippen LogP contribution in [-0.2, 0) is 29.0 Å². The van der Waals surface area contributed by atoms with E-state index in [1.807, 2.05) is 42.5 Å². The summed E-state index contributed by atoms with van der Waals surface area (Å²) in [6.07, 6.45) is -5.20. The number of nitrogens with zero attached hydrogens (tertiary/aromatic N) is 4. The number of benzene rings is 4. The van der Waals surface area contributed by atoms with Crippen molar-refractivity contribution in [3.63, 3.8) is 0 Å². The van der Waals surface area contributed by atoms with E-state index in [9.17, 15) is 18.0 Å². The third-order valence-corrected chi connectivity index (χ3v) is 8.27. The van der Waals surface area contributed by atoms with E-state index in [-0.39, 0.29) is 37.8 Å². The fourth-order valence-corrected chi connectivity index (χ4v) is 5.61. The van der Waals surface area contributed by atoms with E-state index >= 15 is 0 Å². The van der Waals surface area contributed by atoms with Gasteiger partial charge in [0.25, 0.3) is 5.91 Å². The highest BCUT2D eigenvalue weighted by atomic mass is 79.9. The number of halogens is 4. The molecule has 11 nitrogen and oxygen atoms in total. The summed E-state index contributed by atoms with van der Waals surface area (Å²) in [5, 5.41) is 12.8. The van der Waals surface area contributed by atoms with Crippen LogP contribution in [0.1, 0.15) is 40.3 Å². The number of alkyl halides is 3. The SMILES string of the molecule is [N-]=[N+]=NCc1ccccc1C[C@]1(C(=O)NNCc2ccc(OC(F)(F)F)cc2)N=C(c2ccc(OCCCO)cc2)O[C@H]1c1ccc(Br)cc1. The number of carbonyl (C=O) groups is 1. The lowest BCUT2D eigenvalue weighted by molar-refractivity contribution is -0.274. The molecule has 0 saturated carbocycles. The summed E-state index contributed by atoms with van der Waals surface area (Å²) >= 11 is 3.46. The number of hydrogen-bond donors (Lipinski definition) is 3. The van der Waals surface area contributed by atoms with Crippen LogP contribution in [0.2, 0.25) is 0 Å². The van der Waals surface area contributed by atoms with Gasteiger partial charge in [-0.2, -0.15) is 0 Å². The number of amides is 1. The Kier molecular flexibility index (Phi) is 12.0. The van der Waals surface area contributed by atoms with Gasteiger partial charge in [-0.15, -0.1) is 13.2 Å². The summed E-state index contributed by atoms with van der Waals surface area (Å²) in [7, 11) is 0. The number of ether oxygens (including phenoxy) is 3. The largest absolute Gasteiger partial charge is 0.573 e. The minimum absolute atomic E-state index is 0.00830. The maximum Gasteiger partial charge on any atom is 0.573 e. The third-order valence-electron chi connectivity index (χ3n) is 7.74. The molecule has 0 fully saturated rings. The predicted molar refractivity (Wildman–Crippen MR) is 182 cm³/mol. The lowest BCUT2D eigenvalue weighted by Crippen LogP contribution is -2.53. The zero-order chi connectivity index (χ0) is 35.6. The Morgan fingerprint density at radius 3 is 2.34 bits per heavy atom. The first-order valence-corrected chi connectivity index (χ1v) is 16.2. The number of aliphatic hydroxyl groups excluding tert-OH is 1. The monoisotopic (exact) mass is 752 g/mol. The molecule has 260 valence electrons. The first-order chi connectivity index (χ1) is 24.1. The van der Waals surface area contributed by atoms with Crippen molar-refractivity contribution in [3.05, 3.63) is 140 Å². The number of aliphatic imine (C=N–C) groups is 1. The number of carbonyl (C=O) groups excluding carboxylic acids is 1. The van der Waals surface area contributed by atoms with E-state index in [0.717, 1.165) is 4.47 Å². The highest BCUT2D eigenvalue weighted by Gasteiger charge is 2.53. The molecule has 0 spiro atoms. The quantitative estimate of drug-likeness (QED) is 0.0383. The number of hydrazine groups is 1. The molecule has 0 bridgehead atoms. The molecule has 0 saturated heterocycles. The Morgan fingerprint density at radius 1 is 1.00 bits per heavy atom. The average molecular weight is 754 g/mol. The first kappa shape index (κ1) is 36.2. The van der Waals surface area contributed by atoms with Crippen LogP contribution in [0.15, 0.2) is 112 Å². The van der Waals surface area contributed by atoms with Crippen LogP contribution in [0.3, 0.4) is 0 Å². The van der Waals surface area contributed by atoms with E-state index in [1.165, 1.54) is 24.3 Å². The molecule has 0 aliphatic carbocycles. The summed E-state index contributed by atoms with van der Waals surface area (Å²) in [6.45, 7) is 0.471. The molecule has 0 radical (unpaired) electrons. The van der Waals surface area contributed by atoms with Crippen molar-refractivity contribution >= 4 is 27.7 Å². The van der Waals surface area contributed by atoms with E-state index in [4.69, 9.17) is 25.1 Å². The number of hydrogen-bond acceptors (Lipinski definition) is 8. The van der Waals surface area contributed by atoms with Crippen LogP contribution >= 0.6 is 15.9 Å². The fourth-order valence-electron chi connectivity index (χ4n) is 5.35. The van der Waals surface area contributed by atoms with Gasteiger partial charge in [0, 0.05) is 40.9 Å². The average Bonchev–Trinajstić information content (AvgIpc) is 3.49. The lowest BCUT2D eigenvalue weighted by Gasteiger charge is -2.31. The second-order valence-electron chi connectivity index (χ2n) is 11.2. The maximum atomic E-state index is 14.5. The number of rotatable bonds is 15. The van der Waals surface area contributed by atoms with Gasteiger partial charge in [0.1, 0.15) is 11.5 Å². The predicted octanol–water partition coefficient (Wildman–Crippen LogP) is 7.24. The molecule has 1 aliphatic heterocycles. The second-order valence-corrected chi connectivity index (χ2v) is 12.1. The number of nitrogens with one attached hydrogen (secondary N) is 2. The standard InChI is InChI=1S/C35H32BrF3N6O5/c36-28-12-8-24(9-13-28)31-34(20-26-4-1-2-5-27(26)22-42-45-40,43-32(49-31)25-10-16-29(17-11-25)48-19-3-18-46)33(47)44-41-21-23-6-14-30(15-7-23)50-35(37,38)39/h1-2,4-17,31,41,46H,3,18-22H2,(H,44,47)/t31-,34-/m0/s1. The van der Waals surface area contributed by atoms with Crippen molar-refractivity contribution in [2.75, 3.05) is 13.2 Å². The molecule has 2 atom stereocenters.